The average Bonchev–Trinajstić information content (AvgIpc) is 2.52. The van der Waals surface area contributed by atoms with Crippen molar-refractivity contribution in [2.45, 2.75) is 0 Å². The SMILES string of the molecule is COc1ccc2c(C(N)=O)c(N)[nH]c2c1. The van der Waals surface area contributed by atoms with Crippen molar-refractivity contribution in [2.24, 2.45) is 5.73 Å². The molecule has 1 heterocycles. The molecule has 0 unspecified atom stereocenters. The number of rotatable bonds is 2. The molecule has 78 valence electrons. The van der Waals surface area contributed by atoms with Crippen LogP contribution in [-0.2, 0) is 0 Å². The molecular formula is C10H11N3O2. The monoisotopic (exact) mass is 205 g/mol. The van der Waals surface area contributed by atoms with Crippen molar-refractivity contribution in [2.75, 3.05) is 12.8 Å². The Morgan fingerprint density at radius 3 is 2.80 bits per heavy atom. The Morgan fingerprint density at radius 1 is 1.47 bits per heavy atom. The van der Waals surface area contributed by atoms with E-state index in [1.807, 2.05) is 0 Å². The molecule has 1 aromatic carbocycles. The summed E-state index contributed by atoms with van der Waals surface area (Å²) in [6, 6.07) is 5.27. The number of nitrogens with two attached hydrogens (primary N) is 2. The van der Waals surface area contributed by atoms with E-state index in [0.29, 0.717) is 16.7 Å². The van der Waals surface area contributed by atoms with Gasteiger partial charge in [-0.3, -0.25) is 4.79 Å². The molecule has 0 spiro atoms. The summed E-state index contributed by atoms with van der Waals surface area (Å²) in [5.41, 5.74) is 11.9. The second-order valence-electron chi connectivity index (χ2n) is 3.19. The largest absolute Gasteiger partial charge is 0.497 e. The molecule has 2 rings (SSSR count). The molecule has 0 atom stereocenters. The third-order valence-corrected chi connectivity index (χ3v) is 2.28. The molecule has 0 saturated carbocycles. The van der Waals surface area contributed by atoms with Crippen LogP contribution in [0.5, 0.6) is 5.75 Å². The lowest BCUT2D eigenvalue weighted by Crippen LogP contribution is -2.12. The first-order valence-corrected chi connectivity index (χ1v) is 4.38. The van der Waals surface area contributed by atoms with E-state index in [1.165, 1.54) is 0 Å². The molecule has 5 N–H and O–H groups in total. The predicted molar refractivity (Wildman–Crippen MR) is 57.8 cm³/mol. The second kappa shape index (κ2) is 3.20. The van der Waals surface area contributed by atoms with Crippen LogP contribution in [0, 0.1) is 0 Å². The zero-order valence-corrected chi connectivity index (χ0v) is 8.20. The maximum absolute atomic E-state index is 11.1. The summed E-state index contributed by atoms with van der Waals surface area (Å²) in [5, 5.41) is 0.709. The summed E-state index contributed by atoms with van der Waals surface area (Å²) < 4.78 is 5.05. The number of methoxy groups -OCH3 is 1. The predicted octanol–water partition coefficient (Wildman–Crippen LogP) is 0.858. The number of H-pyrrole nitrogens is 1. The Bertz CT molecular complexity index is 531. The number of primary amides is 1. The van der Waals surface area contributed by atoms with Gasteiger partial charge in [0.15, 0.2) is 0 Å². The first kappa shape index (κ1) is 9.39. The van der Waals surface area contributed by atoms with Crippen LogP contribution in [0.15, 0.2) is 18.2 Å². The Labute approximate surface area is 86.0 Å². The lowest BCUT2D eigenvalue weighted by molar-refractivity contribution is 0.100. The summed E-state index contributed by atoms with van der Waals surface area (Å²) in [7, 11) is 1.57. The fraction of sp³-hybridized carbons (Fsp3) is 0.100. The lowest BCUT2D eigenvalue weighted by atomic mass is 10.1. The smallest absolute Gasteiger partial charge is 0.253 e. The Kier molecular flexibility index (Phi) is 2.00. The van der Waals surface area contributed by atoms with Gasteiger partial charge in [0.05, 0.1) is 18.2 Å². The van der Waals surface area contributed by atoms with Gasteiger partial charge in [0.25, 0.3) is 5.91 Å². The minimum atomic E-state index is -0.538. The van der Waals surface area contributed by atoms with E-state index in [9.17, 15) is 4.79 Å². The van der Waals surface area contributed by atoms with Gasteiger partial charge in [-0.1, -0.05) is 0 Å². The van der Waals surface area contributed by atoms with Crippen molar-refractivity contribution in [1.82, 2.24) is 4.98 Å². The second-order valence-corrected chi connectivity index (χ2v) is 3.19. The number of fused-ring (bicyclic) bond motifs is 1. The highest BCUT2D eigenvalue weighted by molar-refractivity contribution is 6.10. The molecule has 0 aliphatic rings. The van der Waals surface area contributed by atoms with E-state index >= 15 is 0 Å². The zero-order chi connectivity index (χ0) is 11.0. The average molecular weight is 205 g/mol. The Hall–Kier alpha value is -2.17. The topological polar surface area (TPSA) is 94.1 Å². The van der Waals surface area contributed by atoms with Crippen molar-refractivity contribution >= 4 is 22.6 Å². The molecule has 5 nitrogen and oxygen atoms in total. The minimum absolute atomic E-state index is 0.283. The van der Waals surface area contributed by atoms with Crippen LogP contribution in [0.3, 0.4) is 0 Å². The summed E-state index contributed by atoms with van der Waals surface area (Å²) in [5.74, 6) is 0.439. The van der Waals surface area contributed by atoms with Crippen LogP contribution in [-0.4, -0.2) is 18.0 Å². The normalized spacial score (nSPS) is 10.5. The third kappa shape index (κ3) is 1.38. The standard InChI is InChI=1S/C10H11N3O2/c1-15-5-2-3-6-7(4-5)13-9(11)8(6)10(12)14/h2-4,13H,11H2,1H3,(H2,12,14). The fourth-order valence-corrected chi connectivity index (χ4v) is 1.59. The quantitative estimate of drug-likeness (QED) is 0.678. The van der Waals surface area contributed by atoms with E-state index in [0.717, 1.165) is 5.52 Å². The number of carbonyl (C=O) groups excluding carboxylic acids is 1. The van der Waals surface area contributed by atoms with Crippen LogP contribution in [0.4, 0.5) is 5.82 Å². The van der Waals surface area contributed by atoms with E-state index in [4.69, 9.17) is 16.2 Å². The van der Waals surface area contributed by atoms with Crippen LogP contribution in [0.25, 0.3) is 10.9 Å². The van der Waals surface area contributed by atoms with E-state index in [1.54, 1.807) is 25.3 Å². The third-order valence-electron chi connectivity index (χ3n) is 2.28. The summed E-state index contributed by atoms with van der Waals surface area (Å²) in [6.45, 7) is 0. The molecule has 0 saturated heterocycles. The molecular weight excluding hydrogens is 194 g/mol. The van der Waals surface area contributed by atoms with Gasteiger partial charge in [-0.15, -0.1) is 0 Å². The highest BCUT2D eigenvalue weighted by atomic mass is 16.5. The molecule has 0 aliphatic carbocycles. The number of hydrogen-bond acceptors (Lipinski definition) is 3. The van der Waals surface area contributed by atoms with Crippen molar-refractivity contribution in [3.63, 3.8) is 0 Å². The summed E-state index contributed by atoms with van der Waals surface area (Å²) >= 11 is 0. The molecule has 0 radical (unpaired) electrons. The molecule has 5 heteroatoms. The van der Waals surface area contributed by atoms with Gasteiger partial charge in [-0.25, -0.2) is 0 Å². The molecule has 2 aromatic rings. The first-order valence-electron chi connectivity index (χ1n) is 4.38. The number of benzene rings is 1. The van der Waals surface area contributed by atoms with Gasteiger partial charge < -0.3 is 21.2 Å². The first-order chi connectivity index (χ1) is 7.13. The number of nitrogen functional groups attached to an aromatic ring is 1. The maximum atomic E-state index is 11.1. The lowest BCUT2D eigenvalue weighted by Gasteiger charge is -1.98. The molecule has 1 aromatic heterocycles. The molecule has 0 bridgehead atoms. The number of aromatic nitrogens is 1. The minimum Gasteiger partial charge on any atom is -0.497 e. The number of carbonyl (C=O) groups is 1. The maximum Gasteiger partial charge on any atom is 0.253 e. The Balaban J connectivity index is 2.74. The van der Waals surface area contributed by atoms with Crippen LogP contribution < -0.4 is 16.2 Å². The van der Waals surface area contributed by atoms with Crippen molar-refractivity contribution in [1.29, 1.82) is 0 Å². The zero-order valence-electron chi connectivity index (χ0n) is 8.20. The van der Waals surface area contributed by atoms with Gasteiger partial charge in [0, 0.05) is 11.5 Å². The van der Waals surface area contributed by atoms with Crippen molar-refractivity contribution in [3.05, 3.63) is 23.8 Å². The molecule has 0 aliphatic heterocycles. The number of anilines is 1. The van der Waals surface area contributed by atoms with Crippen LogP contribution in [0.2, 0.25) is 0 Å². The number of ether oxygens (including phenoxy) is 1. The van der Waals surface area contributed by atoms with Gasteiger partial charge in [0.1, 0.15) is 11.6 Å². The molecule has 1 amide bonds. The number of hydrogen-bond donors (Lipinski definition) is 3. The van der Waals surface area contributed by atoms with E-state index in [-0.39, 0.29) is 5.82 Å². The van der Waals surface area contributed by atoms with Gasteiger partial charge in [-0.2, -0.15) is 0 Å². The van der Waals surface area contributed by atoms with E-state index < -0.39 is 5.91 Å². The number of amides is 1. The van der Waals surface area contributed by atoms with Crippen LogP contribution in [0.1, 0.15) is 10.4 Å². The van der Waals surface area contributed by atoms with E-state index in [2.05, 4.69) is 4.98 Å². The summed E-state index contributed by atoms with van der Waals surface area (Å²) in [6.07, 6.45) is 0. The fourth-order valence-electron chi connectivity index (χ4n) is 1.59. The molecule has 15 heavy (non-hydrogen) atoms. The number of aromatic amines is 1. The van der Waals surface area contributed by atoms with Gasteiger partial charge in [-0.05, 0) is 12.1 Å². The van der Waals surface area contributed by atoms with Gasteiger partial charge in [0.2, 0.25) is 0 Å². The number of nitrogens with one attached hydrogen (secondary N) is 1. The van der Waals surface area contributed by atoms with Crippen molar-refractivity contribution < 1.29 is 9.53 Å². The van der Waals surface area contributed by atoms with Gasteiger partial charge >= 0.3 is 0 Å². The molecule has 0 fully saturated rings. The Morgan fingerprint density at radius 2 is 2.20 bits per heavy atom. The highest BCUT2D eigenvalue weighted by Crippen LogP contribution is 2.26. The van der Waals surface area contributed by atoms with Crippen molar-refractivity contribution in [3.8, 4) is 5.75 Å². The van der Waals surface area contributed by atoms with Crippen LogP contribution >= 0.6 is 0 Å². The highest BCUT2D eigenvalue weighted by Gasteiger charge is 2.14. The summed E-state index contributed by atoms with van der Waals surface area (Å²) in [4.78, 5) is 14.0.